The maximum Gasteiger partial charge on any atom is 0.326 e. The molecular weight excluding hydrogens is 937 g/mol. The predicted molar refractivity (Wildman–Crippen MR) is 256 cm³/mol. The molecule has 3 unspecified atom stereocenters. The van der Waals surface area contributed by atoms with E-state index in [0.29, 0.717) is 6.42 Å². The van der Waals surface area contributed by atoms with Crippen LogP contribution in [0.25, 0.3) is 0 Å². The molecule has 0 aromatic carbocycles. The highest BCUT2D eigenvalue weighted by Gasteiger charge is 2.25. The summed E-state index contributed by atoms with van der Waals surface area (Å²) >= 11 is 0. The van der Waals surface area contributed by atoms with Gasteiger partial charge in [-0.15, -0.1) is 0 Å². The summed E-state index contributed by atoms with van der Waals surface area (Å²) in [6.45, 7) is 0.0874. The molecule has 0 aliphatic rings. The Bertz CT molecular complexity index is 1570. The van der Waals surface area contributed by atoms with Crippen molar-refractivity contribution in [2.45, 2.75) is 172 Å². The van der Waals surface area contributed by atoms with Gasteiger partial charge in [0.25, 0.3) is 0 Å². The highest BCUT2D eigenvalue weighted by Crippen LogP contribution is 2.15. The van der Waals surface area contributed by atoms with Crippen molar-refractivity contribution in [3.05, 3.63) is 0 Å². The van der Waals surface area contributed by atoms with Crippen molar-refractivity contribution in [2.24, 2.45) is 5.73 Å². The van der Waals surface area contributed by atoms with Crippen molar-refractivity contribution in [3.8, 4) is 0 Å². The van der Waals surface area contributed by atoms with Gasteiger partial charge in [0.15, 0.2) is 0 Å². The lowest BCUT2D eigenvalue weighted by Crippen LogP contribution is -2.45. The van der Waals surface area contributed by atoms with Gasteiger partial charge >= 0.3 is 23.9 Å². The molecule has 24 nitrogen and oxygen atoms in total. The Kier molecular flexibility index (Phi) is 41.1. The topological polar surface area (TPSA) is 375 Å². The zero-order valence-electron chi connectivity index (χ0n) is 41.4. The normalized spacial score (nSPS) is 12.2. The zero-order valence-corrected chi connectivity index (χ0v) is 41.4. The van der Waals surface area contributed by atoms with Crippen molar-refractivity contribution in [3.63, 3.8) is 0 Å². The second-order valence-electron chi connectivity index (χ2n) is 17.0. The van der Waals surface area contributed by atoms with Crippen LogP contribution in [0.4, 0.5) is 0 Å². The Hall–Kier alpha value is -5.46. The number of carbonyl (C=O) groups excluding carboxylic acids is 6. The molecule has 24 heteroatoms. The molecule has 0 fully saturated rings. The summed E-state index contributed by atoms with van der Waals surface area (Å²) in [6, 6.07) is -4.02. The molecule has 11 N–H and O–H groups in total. The van der Waals surface area contributed by atoms with Crippen molar-refractivity contribution in [1.82, 2.24) is 26.6 Å². The number of ether oxygens (including phenoxy) is 4. The largest absolute Gasteiger partial charge is 0.481 e. The van der Waals surface area contributed by atoms with E-state index in [2.05, 4.69) is 26.6 Å². The smallest absolute Gasteiger partial charge is 0.326 e. The summed E-state index contributed by atoms with van der Waals surface area (Å²) in [4.78, 5) is 117. The summed E-state index contributed by atoms with van der Waals surface area (Å²) < 4.78 is 21.1. The number of aliphatic carboxylic acids is 4. The lowest BCUT2D eigenvalue weighted by Gasteiger charge is -2.16. The van der Waals surface area contributed by atoms with Crippen LogP contribution >= 0.6 is 0 Å². The third kappa shape index (κ3) is 43.1. The molecule has 408 valence electrons. The first kappa shape index (κ1) is 65.5. The van der Waals surface area contributed by atoms with E-state index in [1.165, 1.54) is 51.4 Å². The van der Waals surface area contributed by atoms with Crippen LogP contribution in [0, 0.1) is 0 Å². The molecule has 0 saturated heterocycles. The van der Waals surface area contributed by atoms with Crippen molar-refractivity contribution in [2.75, 3.05) is 65.9 Å². The molecule has 0 radical (unpaired) electrons. The maximum absolute atomic E-state index is 12.4. The van der Waals surface area contributed by atoms with E-state index in [0.717, 1.165) is 44.9 Å². The Balaban J connectivity index is 3.83. The number of amides is 6. The number of carbonyl (C=O) groups is 10. The maximum atomic E-state index is 12.4. The molecular formula is C47H82N6O18. The second kappa shape index (κ2) is 44.5. The fourth-order valence-electron chi connectivity index (χ4n) is 6.85. The van der Waals surface area contributed by atoms with Gasteiger partial charge < -0.3 is 71.7 Å². The van der Waals surface area contributed by atoms with Gasteiger partial charge in [0.2, 0.25) is 35.4 Å². The van der Waals surface area contributed by atoms with E-state index in [1.54, 1.807) is 0 Å². The Labute approximate surface area is 416 Å². The standard InChI is InChI=1S/C47H82N6O18/c48-38(54)22-19-35(45(62)63)52-41(57)24-21-37(47(66)67)53-43(59)34-71-32-30-69-28-26-50-42(58)33-70-31-29-68-27-25-49-39(55)23-20-36(46(64)65)51-40(56)17-15-13-11-9-7-5-3-1-2-4-6-8-10-12-14-16-18-44(60)61/h35-37H,1-34H2,(H2,48,54)(H,49,55)(H,50,58)(H,51,56)(H,52,57)(H,53,59)(H,60,61)(H,62,63)(H,64,65)(H,66,67). The summed E-state index contributed by atoms with van der Waals surface area (Å²) in [5, 5.41) is 48.9. The van der Waals surface area contributed by atoms with Crippen LogP contribution < -0.4 is 32.3 Å². The van der Waals surface area contributed by atoms with Crippen molar-refractivity contribution >= 4 is 59.3 Å². The number of hydrogen-bond acceptors (Lipinski definition) is 14. The number of rotatable bonds is 50. The number of primary amides is 1. The van der Waals surface area contributed by atoms with Gasteiger partial charge in [-0.05, 0) is 32.1 Å². The van der Waals surface area contributed by atoms with Crippen molar-refractivity contribution < 1.29 is 87.3 Å². The first-order valence-electron chi connectivity index (χ1n) is 24.9. The van der Waals surface area contributed by atoms with Crippen LogP contribution in [0.2, 0.25) is 0 Å². The summed E-state index contributed by atoms with van der Waals surface area (Å²) in [6.07, 6.45) is 16.6. The van der Waals surface area contributed by atoms with Crippen LogP contribution in [0.5, 0.6) is 0 Å². The third-order valence-corrected chi connectivity index (χ3v) is 10.8. The molecule has 6 amide bonds. The molecule has 0 aromatic heterocycles. The monoisotopic (exact) mass is 1020 g/mol. The Morgan fingerprint density at radius 2 is 0.676 bits per heavy atom. The lowest BCUT2D eigenvalue weighted by molar-refractivity contribution is -0.144. The minimum absolute atomic E-state index is 0.0328. The average molecular weight is 1020 g/mol. The molecule has 71 heavy (non-hydrogen) atoms. The van der Waals surface area contributed by atoms with Crippen molar-refractivity contribution in [1.29, 1.82) is 0 Å². The number of carboxylic acids is 4. The summed E-state index contributed by atoms with van der Waals surface area (Å²) in [5.41, 5.74) is 5.00. The number of carboxylic acid groups (broad SMARTS) is 4. The first-order chi connectivity index (χ1) is 34.0. The molecule has 0 saturated carbocycles. The SMILES string of the molecule is NC(=O)CCC(NC(=O)CCC(NC(=O)COCCOCCNC(=O)COCCOCCNC(=O)CCC(NC(=O)CCCCCCCCCCCCCCCCCCC(=O)O)C(=O)O)C(=O)O)C(=O)O. The molecule has 0 aliphatic heterocycles. The second-order valence-corrected chi connectivity index (χ2v) is 17.0. The lowest BCUT2D eigenvalue weighted by atomic mass is 10.0. The van der Waals surface area contributed by atoms with Gasteiger partial charge in [0, 0.05) is 45.2 Å². The van der Waals surface area contributed by atoms with Gasteiger partial charge in [-0.25, -0.2) is 14.4 Å². The fourth-order valence-corrected chi connectivity index (χ4v) is 6.85. The third-order valence-electron chi connectivity index (χ3n) is 10.8. The molecule has 0 spiro atoms. The molecule has 3 atom stereocenters. The number of nitrogens with one attached hydrogen (secondary N) is 5. The Morgan fingerprint density at radius 3 is 1.08 bits per heavy atom. The molecule has 0 aliphatic carbocycles. The zero-order chi connectivity index (χ0) is 52.9. The van der Waals surface area contributed by atoms with E-state index in [9.17, 15) is 63.3 Å². The van der Waals surface area contributed by atoms with Crippen LogP contribution in [-0.2, 0) is 66.9 Å². The molecule has 0 aromatic rings. The van der Waals surface area contributed by atoms with E-state index in [1.807, 2.05) is 0 Å². The van der Waals surface area contributed by atoms with E-state index >= 15 is 0 Å². The van der Waals surface area contributed by atoms with Crippen LogP contribution in [0.1, 0.15) is 154 Å². The highest BCUT2D eigenvalue weighted by molar-refractivity contribution is 5.87. The first-order valence-corrected chi connectivity index (χ1v) is 24.9. The highest BCUT2D eigenvalue weighted by atomic mass is 16.5. The van der Waals surface area contributed by atoms with Gasteiger partial charge in [-0.1, -0.05) is 89.9 Å². The number of nitrogens with two attached hydrogens (primary N) is 1. The van der Waals surface area contributed by atoms with Crippen LogP contribution in [-0.4, -0.2) is 164 Å². The Morgan fingerprint density at radius 1 is 0.352 bits per heavy atom. The van der Waals surface area contributed by atoms with Crippen LogP contribution in [0.15, 0.2) is 0 Å². The van der Waals surface area contributed by atoms with E-state index in [4.69, 9.17) is 29.8 Å². The number of hydrogen-bond donors (Lipinski definition) is 10. The van der Waals surface area contributed by atoms with Gasteiger partial charge in [0.05, 0.1) is 39.6 Å². The summed E-state index contributed by atoms with van der Waals surface area (Å²) in [5.74, 6) is -8.21. The van der Waals surface area contributed by atoms with Gasteiger partial charge in [-0.3, -0.25) is 33.6 Å². The average Bonchev–Trinajstić information content (AvgIpc) is 3.31. The molecule has 0 bridgehead atoms. The quantitative estimate of drug-likeness (QED) is 0.0389. The fraction of sp³-hybridized carbons (Fsp3) is 0.787. The van der Waals surface area contributed by atoms with E-state index in [-0.39, 0.29) is 116 Å². The van der Waals surface area contributed by atoms with Gasteiger partial charge in [-0.2, -0.15) is 0 Å². The van der Waals surface area contributed by atoms with Gasteiger partial charge in [0.1, 0.15) is 31.3 Å². The van der Waals surface area contributed by atoms with E-state index < -0.39 is 78.7 Å². The van der Waals surface area contributed by atoms with Crippen LogP contribution in [0.3, 0.4) is 0 Å². The minimum Gasteiger partial charge on any atom is -0.481 e. The molecule has 0 heterocycles. The predicted octanol–water partition coefficient (Wildman–Crippen LogP) is 1.93. The summed E-state index contributed by atoms with van der Waals surface area (Å²) in [7, 11) is 0. The molecule has 0 rings (SSSR count). The number of unbranched alkanes of at least 4 members (excludes halogenated alkanes) is 15. The minimum atomic E-state index is -1.46.